The van der Waals surface area contributed by atoms with E-state index in [1.165, 1.54) is 4.90 Å². The normalized spacial score (nSPS) is 26.2. The first-order valence-electron chi connectivity index (χ1n) is 8.68. The van der Waals surface area contributed by atoms with Crippen LogP contribution in [0.4, 0.5) is 0 Å². The number of ketones is 1. The van der Waals surface area contributed by atoms with E-state index in [9.17, 15) is 14.4 Å². The van der Waals surface area contributed by atoms with Gasteiger partial charge in [0.2, 0.25) is 11.8 Å². The molecule has 4 atom stereocenters. The maximum Gasteiger partial charge on any atom is 0.243 e. The molecule has 136 valence electrons. The van der Waals surface area contributed by atoms with E-state index in [4.69, 9.17) is 5.73 Å². The van der Waals surface area contributed by atoms with Crippen LogP contribution < -0.4 is 16.4 Å². The number of carbonyl (C=O) groups is 3. The van der Waals surface area contributed by atoms with E-state index >= 15 is 0 Å². The predicted octanol–water partition coefficient (Wildman–Crippen LogP) is -0.301. The van der Waals surface area contributed by atoms with Gasteiger partial charge in [-0.25, -0.2) is 0 Å². The number of hydrogen-bond donors (Lipinski definition) is 3. The Balaban J connectivity index is 2.06. The molecular formula is C16H28N4O3S. The summed E-state index contributed by atoms with van der Waals surface area (Å²) in [6.45, 7) is 5.24. The van der Waals surface area contributed by atoms with Gasteiger partial charge in [-0.3, -0.25) is 19.7 Å². The van der Waals surface area contributed by atoms with Crippen molar-refractivity contribution in [2.24, 2.45) is 11.7 Å². The molecule has 2 saturated heterocycles. The van der Waals surface area contributed by atoms with Crippen molar-refractivity contribution >= 4 is 29.4 Å². The van der Waals surface area contributed by atoms with E-state index in [1.807, 2.05) is 13.8 Å². The summed E-state index contributed by atoms with van der Waals surface area (Å²) in [4.78, 5) is 38.9. The number of nitrogens with one attached hydrogen (secondary N) is 2. The molecule has 0 aromatic rings. The quantitative estimate of drug-likeness (QED) is 0.578. The summed E-state index contributed by atoms with van der Waals surface area (Å²) in [6, 6.07) is -1.04. The molecule has 2 aliphatic heterocycles. The molecule has 2 amide bonds. The fourth-order valence-corrected chi connectivity index (χ4v) is 4.22. The summed E-state index contributed by atoms with van der Waals surface area (Å²) in [5.41, 5.74) is 5.43. The minimum atomic E-state index is -0.527. The van der Waals surface area contributed by atoms with Crippen LogP contribution in [-0.4, -0.2) is 65.3 Å². The van der Waals surface area contributed by atoms with Crippen LogP contribution in [-0.2, 0) is 14.4 Å². The molecule has 2 aliphatic rings. The molecule has 8 heteroatoms. The Kier molecular flexibility index (Phi) is 7.06. The Bertz CT molecular complexity index is 482. The number of nitrogens with zero attached hydrogens (tertiary/aromatic N) is 1. The number of hydrogen-bond acceptors (Lipinski definition) is 6. The number of Topliss-reactive ketones (excluding diaryl/α,β-unsaturated/α-hetero) is 1. The monoisotopic (exact) mass is 356 g/mol. The largest absolute Gasteiger partial charge is 0.344 e. The summed E-state index contributed by atoms with van der Waals surface area (Å²) < 4.78 is 0. The second-order valence-electron chi connectivity index (χ2n) is 6.43. The van der Waals surface area contributed by atoms with E-state index < -0.39 is 12.1 Å². The average Bonchev–Trinajstić information content (AvgIpc) is 3.28. The van der Waals surface area contributed by atoms with Crippen LogP contribution in [0.2, 0.25) is 0 Å². The molecule has 0 spiro atoms. The smallest absolute Gasteiger partial charge is 0.243 e. The SMILES string of the molecule is CC[C@H](C)[C@H](NC(=O)[C@@H]1CCCN1C(=O)CN)C(=O)C1NCCS1. The van der Waals surface area contributed by atoms with Gasteiger partial charge in [-0.1, -0.05) is 20.3 Å². The van der Waals surface area contributed by atoms with Crippen molar-refractivity contribution < 1.29 is 14.4 Å². The van der Waals surface area contributed by atoms with Gasteiger partial charge >= 0.3 is 0 Å². The van der Waals surface area contributed by atoms with Gasteiger partial charge in [0, 0.05) is 18.8 Å². The minimum absolute atomic E-state index is 0.0231. The zero-order valence-electron chi connectivity index (χ0n) is 14.4. The molecule has 0 saturated carbocycles. The van der Waals surface area contributed by atoms with Crippen LogP contribution in [0.15, 0.2) is 0 Å². The highest BCUT2D eigenvalue weighted by molar-refractivity contribution is 8.00. The third-order valence-electron chi connectivity index (χ3n) is 4.84. The zero-order valence-corrected chi connectivity index (χ0v) is 15.2. The molecule has 0 radical (unpaired) electrons. The topological polar surface area (TPSA) is 105 Å². The van der Waals surface area contributed by atoms with Gasteiger partial charge in [0.15, 0.2) is 5.78 Å². The lowest BCUT2D eigenvalue weighted by atomic mass is 9.94. The number of carbonyl (C=O) groups excluding carboxylic acids is 3. The van der Waals surface area contributed by atoms with Crippen LogP contribution in [0.1, 0.15) is 33.1 Å². The highest BCUT2D eigenvalue weighted by Gasteiger charge is 2.38. The second-order valence-corrected chi connectivity index (χ2v) is 7.64. The van der Waals surface area contributed by atoms with Crippen LogP contribution in [0.5, 0.6) is 0 Å². The Hall–Kier alpha value is -1.12. The molecule has 2 fully saturated rings. The van der Waals surface area contributed by atoms with E-state index in [0.717, 1.165) is 25.1 Å². The molecule has 1 unspecified atom stereocenters. The maximum absolute atomic E-state index is 12.8. The lowest BCUT2D eigenvalue weighted by Crippen LogP contribution is -2.55. The number of nitrogens with two attached hydrogens (primary N) is 1. The predicted molar refractivity (Wildman–Crippen MR) is 94.4 cm³/mol. The fraction of sp³-hybridized carbons (Fsp3) is 0.812. The first kappa shape index (κ1) is 19.2. The number of amides is 2. The summed E-state index contributed by atoms with van der Waals surface area (Å²) in [5, 5.41) is 5.84. The fourth-order valence-electron chi connectivity index (χ4n) is 3.21. The van der Waals surface area contributed by atoms with Gasteiger partial charge in [0.1, 0.15) is 11.4 Å². The second kappa shape index (κ2) is 8.82. The van der Waals surface area contributed by atoms with Crippen molar-refractivity contribution in [3.8, 4) is 0 Å². The first-order chi connectivity index (χ1) is 11.5. The Morgan fingerprint density at radius 2 is 2.17 bits per heavy atom. The Morgan fingerprint density at radius 3 is 2.75 bits per heavy atom. The van der Waals surface area contributed by atoms with Gasteiger partial charge in [0.05, 0.1) is 12.6 Å². The standard InChI is InChI=1S/C16H28N4O3S/c1-3-10(2)13(14(22)16-18-6-8-24-16)19-15(23)11-5-4-7-20(11)12(21)9-17/h10-11,13,16,18H,3-9,17H2,1-2H3,(H,19,23)/t10-,11-,13-,16?/m0/s1. The van der Waals surface area contributed by atoms with Crippen LogP contribution >= 0.6 is 11.8 Å². The summed E-state index contributed by atoms with van der Waals surface area (Å²) in [7, 11) is 0. The van der Waals surface area contributed by atoms with Crippen molar-refractivity contribution in [2.75, 3.05) is 25.4 Å². The third kappa shape index (κ3) is 4.29. The maximum atomic E-state index is 12.8. The van der Waals surface area contributed by atoms with Crippen LogP contribution in [0.25, 0.3) is 0 Å². The van der Waals surface area contributed by atoms with Crippen molar-refractivity contribution in [1.82, 2.24) is 15.5 Å². The Labute approximate surface area is 147 Å². The molecular weight excluding hydrogens is 328 g/mol. The number of rotatable bonds is 7. The first-order valence-corrected chi connectivity index (χ1v) is 9.73. The summed E-state index contributed by atoms with van der Waals surface area (Å²) >= 11 is 1.58. The van der Waals surface area contributed by atoms with Gasteiger partial charge in [0.25, 0.3) is 0 Å². The molecule has 0 aromatic carbocycles. The lowest BCUT2D eigenvalue weighted by Gasteiger charge is -2.29. The third-order valence-corrected chi connectivity index (χ3v) is 6.01. The highest BCUT2D eigenvalue weighted by Crippen LogP contribution is 2.22. The molecule has 0 aromatic heterocycles. The average molecular weight is 356 g/mol. The summed E-state index contributed by atoms with van der Waals surface area (Å²) in [6.07, 6.45) is 2.20. The molecule has 4 N–H and O–H groups in total. The molecule has 2 rings (SSSR count). The van der Waals surface area contributed by atoms with E-state index in [1.54, 1.807) is 11.8 Å². The molecule has 2 heterocycles. The van der Waals surface area contributed by atoms with Crippen LogP contribution in [0.3, 0.4) is 0 Å². The number of likely N-dealkylation sites (tertiary alicyclic amines) is 1. The van der Waals surface area contributed by atoms with Crippen LogP contribution in [0, 0.1) is 5.92 Å². The summed E-state index contributed by atoms with van der Waals surface area (Å²) in [5.74, 6) is 0.515. The van der Waals surface area contributed by atoms with Gasteiger partial charge < -0.3 is 16.0 Å². The van der Waals surface area contributed by atoms with E-state index in [0.29, 0.717) is 13.0 Å². The highest BCUT2D eigenvalue weighted by atomic mass is 32.2. The molecule has 0 aliphatic carbocycles. The van der Waals surface area contributed by atoms with Gasteiger partial charge in [-0.2, -0.15) is 0 Å². The molecule has 7 nitrogen and oxygen atoms in total. The van der Waals surface area contributed by atoms with Gasteiger partial charge in [-0.05, 0) is 18.8 Å². The van der Waals surface area contributed by atoms with Crippen molar-refractivity contribution in [2.45, 2.75) is 50.6 Å². The van der Waals surface area contributed by atoms with E-state index in [-0.39, 0.29) is 35.4 Å². The van der Waals surface area contributed by atoms with E-state index in [2.05, 4.69) is 10.6 Å². The minimum Gasteiger partial charge on any atom is -0.344 e. The number of thioether (sulfide) groups is 1. The zero-order chi connectivity index (χ0) is 17.7. The Morgan fingerprint density at radius 1 is 1.42 bits per heavy atom. The van der Waals surface area contributed by atoms with Gasteiger partial charge in [-0.15, -0.1) is 11.8 Å². The van der Waals surface area contributed by atoms with Crippen molar-refractivity contribution in [3.05, 3.63) is 0 Å². The van der Waals surface area contributed by atoms with Crippen molar-refractivity contribution in [1.29, 1.82) is 0 Å². The molecule has 24 heavy (non-hydrogen) atoms. The van der Waals surface area contributed by atoms with Crippen molar-refractivity contribution in [3.63, 3.8) is 0 Å². The lowest BCUT2D eigenvalue weighted by molar-refractivity contribution is -0.138. The molecule has 0 bridgehead atoms.